The van der Waals surface area contributed by atoms with Gasteiger partial charge in [-0.2, -0.15) is 0 Å². The van der Waals surface area contributed by atoms with Crippen LogP contribution in [0.4, 0.5) is 0 Å². The molecular formula is C20H27NO6. The molecule has 2 rings (SSSR count). The first kappa shape index (κ1) is 20.8. The van der Waals surface area contributed by atoms with Gasteiger partial charge in [-0.15, -0.1) is 6.58 Å². The largest absolute Gasteiger partial charge is 0.493 e. The summed E-state index contributed by atoms with van der Waals surface area (Å²) in [5, 5.41) is 12.1. The molecule has 1 amide bonds. The molecule has 0 radical (unpaired) electrons. The number of methoxy groups -OCH3 is 2. The molecule has 0 saturated heterocycles. The summed E-state index contributed by atoms with van der Waals surface area (Å²) in [5.74, 6) is -0.316. The van der Waals surface area contributed by atoms with Crippen LogP contribution in [0.25, 0.3) is 0 Å². The Morgan fingerprint density at radius 3 is 2.48 bits per heavy atom. The fourth-order valence-corrected chi connectivity index (χ4v) is 3.50. The number of hydrogen-bond acceptors (Lipinski definition) is 5. The summed E-state index contributed by atoms with van der Waals surface area (Å²) < 4.78 is 15.9. The van der Waals surface area contributed by atoms with Gasteiger partial charge in [-0.25, -0.2) is 4.79 Å². The summed E-state index contributed by atoms with van der Waals surface area (Å²) in [6.07, 6.45) is 4.62. The Kier molecular flexibility index (Phi) is 7.24. The average Bonchev–Trinajstić information content (AvgIpc) is 3.17. The van der Waals surface area contributed by atoms with Gasteiger partial charge in [0.05, 0.1) is 32.8 Å². The van der Waals surface area contributed by atoms with Crippen molar-refractivity contribution in [3.8, 4) is 11.5 Å². The van der Waals surface area contributed by atoms with Crippen molar-refractivity contribution in [3.05, 3.63) is 36.4 Å². The molecule has 1 aliphatic rings. The molecule has 0 spiro atoms. The van der Waals surface area contributed by atoms with Crippen molar-refractivity contribution in [2.75, 3.05) is 27.4 Å². The maximum absolute atomic E-state index is 13.1. The predicted molar refractivity (Wildman–Crippen MR) is 100 cm³/mol. The van der Waals surface area contributed by atoms with Gasteiger partial charge in [0.25, 0.3) is 0 Å². The van der Waals surface area contributed by atoms with Gasteiger partial charge < -0.3 is 24.6 Å². The number of carbonyl (C=O) groups is 2. The normalized spacial score (nSPS) is 16.4. The second-order valence-electron chi connectivity index (χ2n) is 6.55. The van der Waals surface area contributed by atoms with Crippen LogP contribution in [0.1, 0.15) is 31.2 Å². The lowest BCUT2D eigenvalue weighted by Crippen LogP contribution is -2.51. The van der Waals surface area contributed by atoms with Gasteiger partial charge >= 0.3 is 5.97 Å². The molecule has 1 fully saturated rings. The standard InChI is InChI=1S/C20H27NO6/c1-4-11-27-13-15(18(22)23)21-19(24)20(9-5-6-10-20)14-7-8-16(25-2)17(12-14)26-3/h4,7-8,12,15H,1,5-6,9-11,13H2,2-3H3,(H,21,24)(H,22,23). The number of carboxylic acid groups (broad SMARTS) is 1. The molecule has 1 aliphatic carbocycles. The molecule has 7 heteroatoms. The predicted octanol–water partition coefficient (Wildman–Crippen LogP) is 2.29. The molecule has 148 valence electrons. The zero-order valence-corrected chi connectivity index (χ0v) is 15.8. The van der Waals surface area contributed by atoms with Crippen molar-refractivity contribution >= 4 is 11.9 Å². The molecule has 0 bridgehead atoms. The minimum atomic E-state index is -1.13. The van der Waals surface area contributed by atoms with Crippen LogP contribution in [0, 0.1) is 0 Å². The second-order valence-corrected chi connectivity index (χ2v) is 6.55. The fraction of sp³-hybridized carbons (Fsp3) is 0.500. The van der Waals surface area contributed by atoms with E-state index in [0.717, 1.165) is 18.4 Å². The van der Waals surface area contributed by atoms with Gasteiger partial charge in [-0.05, 0) is 30.5 Å². The minimum Gasteiger partial charge on any atom is -0.493 e. The molecule has 1 atom stereocenters. The van der Waals surface area contributed by atoms with E-state index in [0.29, 0.717) is 24.3 Å². The van der Waals surface area contributed by atoms with E-state index in [1.165, 1.54) is 6.08 Å². The lowest BCUT2D eigenvalue weighted by molar-refractivity contribution is -0.144. The number of aliphatic carboxylic acids is 1. The Morgan fingerprint density at radius 2 is 1.93 bits per heavy atom. The summed E-state index contributed by atoms with van der Waals surface area (Å²) in [6, 6.07) is 4.29. The molecule has 2 N–H and O–H groups in total. The molecule has 1 aromatic carbocycles. The maximum atomic E-state index is 13.1. The van der Waals surface area contributed by atoms with Gasteiger partial charge in [-0.3, -0.25) is 4.79 Å². The van der Waals surface area contributed by atoms with Crippen LogP contribution >= 0.6 is 0 Å². The molecule has 7 nitrogen and oxygen atoms in total. The maximum Gasteiger partial charge on any atom is 0.328 e. The van der Waals surface area contributed by atoms with Crippen molar-refractivity contribution in [2.24, 2.45) is 0 Å². The summed E-state index contributed by atoms with van der Waals surface area (Å²) in [7, 11) is 3.09. The molecule has 1 aromatic rings. The first-order valence-electron chi connectivity index (χ1n) is 8.93. The topological polar surface area (TPSA) is 94.1 Å². The van der Waals surface area contributed by atoms with E-state index in [1.807, 2.05) is 6.07 Å². The van der Waals surface area contributed by atoms with Crippen LogP contribution < -0.4 is 14.8 Å². The number of amides is 1. The third-order valence-corrected chi connectivity index (χ3v) is 4.95. The number of carboxylic acids is 1. The van der Waals surface area contributed by atoms with Crippen LogP contribution in [-0.4, -0.2) is 50.5 Å². The minimum absolute atomic E-state index is 0.116. The highest BCUT2D eigenvalue weighted by molar-refractivity contribution is 5.92. The van der Waals surface area contributed by atoms with Gasteiger partial charge in [0, 0.05) is 0 Å². The highest BCUT2D eigenvalue weighted by atomic mass is 16.5. The van der Waals surface area contributed by atoms with Gasteiger partial charge in [0.15, 0.2) is 17.5 Å². The molecule has 27 heavy (non-hydrogen) atoms. The smallest absolute Gasteiger partial charge is 0.328 e. The Morgan fingerprint density at radius 1 is 1.26 bits per heavy atom. The first-order chi connectivity index (χ1) is 13.0. The Balaban J connectivity index is 2.28. The molecule has 0 heterocycles. The molecule has 1 saturated carbocycles. The number of ether oxygens (including phenoxy) is 3. The van der Waals surface area contributed by atoms with E-state index < -0.39 is 17.4 Å². The van der Waals surface area contributed by atoms with Crippen LogP contribution in [0.3, 0.4) is 0 Å². The van der Waals surface area contributed by atoms with Crippen molar-refractivity contribution in [1.82, 2.24) is 5.32 Å². The summed E-state index contributed by atoms with van der Waals surface area (Å²) in [5.41, 5.74) is 0.0115. The number of nitrogens with one attached hydrogen (secondary N) is 1. The van der Waals surface area contributed by atoms with Crippen molar-refractivity contribution in [1.29, 1.82) is 0 Å². The fourth-order valence-electron chi connectivity index (χ4n) is 3.50. The molecular weight excluding hydrogens is 350 g/mol. The molecule has 0 aromatic heterocycles. The first-order valence-corrected chi connectivity index (χ1v) is 8.93. The zero-order chi connectivity index (χ0) is 19.9. The lowest BCUT2D eigenvalue weighted by atomic mass is 9.77. The third kappa shape index (κ3) is 4.60. The average molecular weight is 377 g/mol. The van der Waals surface area contributed by atoms with Crippen LogP contribution in [0.2, 0.25) is 0 Å². The summed E-state index contributed by atoms with van der Waals surface area (Å²) in [6.45, 7) is 3.63. The highest BCUT2D eigenvalue weighted by Gasteiger charge is 2.44. The van der Waals surface area contributed by atoms with Crippen LogP contribution in [0.5, 0.6) is 11.5 Å². The lowest BCUT2D eigenvalue weighted by Gasteiger charge is -2.30. The number of carbonyl (C=O) groups excluding carboxylic acids is 1. The van der Waals surface area contributed by atoms with Gasteiger partial charge in [0.1, 0.15) is 0 Å². The second kappa shape index (κ2) is 9.41. The van der Waals surface area contributed by atoms with Crippen LogP contribution in [-0.2, 0) is 19.7 Å². The Bertz CT molecular complexity index is 681. The van der Waals surface area contributed by atoms with Crippen molar-refractivity contribution in [3.63, 3.8) is 0 Å². The summed E-state index contributed by atoms with van der Waals surface area (Å²) >= 11 is 0. The van der Waals surface area contributed by atoms with E-state index in [-0.39, 0.29) is 19.1 Å². The highest BCUT2D eigenvalue weighted by Crippen LogP contribution is 2.44. The van der Waals surface area contributed by atoms with Crippen molar-refractivity contribution < 1.29 is 28.9 Å². The Hall–Kier alpha value is -2.54. The van der Waals surface area contributed by atoms with E-state index >= 15 is 0 Å². The van der Waals surface area contributed by atoms with Gasteiger partial charge in [0.2, 0.25) is 5.91 Å². The summed E-state index contributed by atoms with van der Waals surface area (Å²) in [4.78, 5) is 24.7. The quantitative estimate of drug-likeness (QED) is 0.480. The SMILES string of the molecule is C=CCOCC(NC(=O)C1(c2ccc(OC)c(OC)c2)CCCC1)C(=O)O. The van der Waals surface area contributed by atoms with E-state index in [1.54, 1.807) is 26.4 Å². The monoisotopic (exact) mass is 377 g/mol. The van der Waals surface area contributed by atoms with E-state index in [4.69, 9.17) is 14.2 Å². The Labute approximate surface area is 159 Å². The van der Waals surface area contributed by atoms with E-state index in [2.05, 4.69) is 11.9 Å². The third-order valence-electron chi connectivity index (χ3n) is 4.95. The molecule has 1 unspecified atom stereocenters. The number of hydrogen-bond donors (Lipinski definition) is 2. The number of benzene rings is 1. The number of rotatable bonds is 10. The zero-order valence-electron chi connectivity index (χ0n) is 15.8. The van der Waals surface area contributed by atoms with Gasteiger partial charge in [-0.1, -0.05) is 25.0 Å². The van der Waals surface area contributed by atoms with Crippen LogP contribution in [0.15, 0.2) is 30.9 Å². The molecule has 0 aliphatic heterocycles. The van der Waals surface area contributed by atoms with Crippen molar-refractivity contribution in [2.45, 2.75) is 37.1 Å². The van der Waals surface area contributed by atoms with E-state index in [9.17, 15) is 14.7 Å².